The summed E-state index contributed by atoms with van der Waals surface area (Å²) in [7, 11) is 1.64. The topological polar surface area (TPSA) is 70.1 Å². The van der Waals surface area contributed by atoms with E-state index in [1.54, 1.807) is 7.11 Å². The van der Waals surface area contributed by atoms with Gasteiger partial charge >= 0.3 is 0 Å². The average molecular weight is 425 g/mol. The number of hydrogen-bond acceptors (Lipinski definition) is 4. The molecule has 0 aliphatic carbocycles. The Kier molecular flexibility index (Phi) is 7.69. The summed E-state index contributed by atoms with van der Waals surface area (Å²) in [6.45, 7) is 8.32. The van der Waals surface area contributed by atoms with Crippen LogP contribution in [0.25, 0.3) is 0 Å². The molecule has 2 aliphatic heterocycles. The lowest BCUT2D eigenvalue weighted by molar-refractivity contribution is -0.122. The molecule has 2 fully saturated rings. The number of carbonyl (C=O) groups is 2. The Balaban J connectivity index is 0.000000858. The molecule has 0 bridgehead atoms. The summed E-state index contributed by atoms with van der Waals surface area (Å²) in [4.78, 5) is 26.6. The van der Waals surface area contributed by atoms with Crippen LogP contribution in [0.1, 0.15) is 40.9 Å². The Hall–Kier alpha value is -2.86. The molecule has 0 unspecified atom stereocenters. The number of nitrogens with zero attached hydrogens (tertiary/aromatic N) is 2. The van der Waals surface area contributed by atoms with E-state index in [0.717, 1.165) is 31.9 Å². The van der Waals surface area contributed by atoms with E-state index in [1.807, 2.05) is 24.3 Å². The molecule has 2 aromatic carbocycles. The fourth-order valence-corrected chi connectivity index (χ4v) is 5.08. The third-order valence-corrected chi connectivity index (χ3v) is 6.36. The van der Waals surface area contributed by atoms with Crippen LogP contribution in [0.3, 0.4) is 0 Å². The smallest absolute Gasteiger partial charge is 0.290 e. The predicted molar refractivity (Wildman–Crippen MR) is 120 cm³/mol. The molecule has 2 aliphatic rings. The van der Waals surface area contributed by atoms with Crippen LogP contribution in [-0.2, 0) is 4.79 Å². The third-order valence-electron chi connectivity index (χ3n) is 6.36. The summed E-state index contributed by atoms with van der Waals surface area (Å²) in [5.74, 6) is 1.89. The van der Waals surface area contributed by atoms with Gasteiger partial charge < -0.3 is 19.6 Å². The number of carbonyl (C=O) groups excluding carboxylic acids is 1. The highest BCUT2D eigenvalue weighted by Crippen LogP contribution is 2.46. The van der Waals surface area contributed by atoms with Gasteiger partial charge in [-0.25, -0.2) is 0 Å². The van der Waals surface area contributed by atoms with Crippen molar-refractivity contribution in [3.8, 4) is 5.75 Å². The van der Waals surface area contributed by atoms with Crippen molar-refractivity contribution in [2.45, 2.75) is 26.3 Å². The van der Waals surface area contributed by atoms with Crippen LogP contribution < -0.4 is 4.74 Å². The average Bonchev–Trinajstić information content (AvgIpc) is 3.32. The number of likely N-dealkylation sites (tertiary alicyclic amines) is 2. The van der Waals surface area contributed by atoms with Gasteiger partial charge in [0, 0.05) is 31.1 Å². The van der Waals surface area contributed by atoms with E-state index in [2.05, 4.69) is 47.9 Å². The fourth-order valence-electron chi connectivity index (χ4n) is 5.08. The van der Waals surface area contributed by atoms with E-state index in [0.29, 0.717) is 17.4 Å². The van der Waals surface area contributed by atoms with E-state index >= 15 is 0 Å². The second-order valence-electron chi connectivity index (χ2n) is 8.28. The molecule has 1 N–H and O–H groups in total. The lowest BCUT2D eigenvalue weighted by Crippen LogP contribution is -2.36. The summed E-state index contributed by atoms with van der Waals surface area (Å²) in [5, 5.41) is 6.89. The van der Waals surface area contributed by atoms with Gasteiger partial charge in [0.2, 0.25) is 0 Å². The molecule has 2 saturated heterocycles. The normalized spacial score (nSPS) is 22.4. The van der Waals surface area contributed by atoms with Crippen molar-refractivity contribution < 1.29 is 19.4 Å². The van der Waals surface area contributed by atoms with Crippen LogP contribution >= 0.6 is 0 Å². The Morgan fingerprint density at radius 2 is 1.90 bits per heavy atom. The van der Waals surface area contributed by atoms with Gasteiger partial charge in [-0.15, -0.1) is 0 Å². The van der Waals surface area contributed by atoms with Crippen LogP contribution in [0.15, 0.2) is 48.5 Å². The number of hydrogen-bond donors (Lipinski definition) is 1. The Morgan fingerprint density at radius 3 is 2.58 bits per heavy atom. The van der Waals surface area contributed by atoms with Crippen LogP contribution in [-0.4, -0.2) is 60.6 Å². The van der Waals surface area contributed by atoms with Gasteiger partial charge in [0.05, 0.1) is 13.2 Å². The molecule has 0 aromatic heterocycles. The number of benzene rings is 2. The maximum Gasteiger partial charge on any atom is 0.290 e. The number of fused-ring (bicyclic) bond motifs is 1. The fraction of sp³-hybridized carbons (Fsp3) is 0.440. The van der Waals surface area contributed by atoms with Gasteiger partial charge in [-0.2, -0.15) is 0 Å². The van der Waals surface area contributed by atoms with Gasteiger partial charge in [0.15, 0.2) is 0 Å². The summed E-state index contributed by atoms with van der Waals surface area (Å²) >= 11 is 0. The molecule has 0 radical (unpaired) electrons. The number of amides is 1. The van der Waals surface area contributed by atoms with E-state index in [4.69, 9.17) is 14.6 Å². The van der Waals surface area contributed by atoms with Crippen LogP contribution in [0.2, 0.25) is 0 Å². The van der Waals surface area contributed by atoms with Gasteiger partial charge in [-0.05, 0) is 55.1 Å². The predicted octanol–water partition coefficient (Wildman–Crippen LogP) is 3.86. The van der Waals surface area contributed by atoms with Crippen molar-refractivity contribution in [1.29, 1.82) is 0 Å². The second kappa shape index (κ2) is 10.4. The van der Waals surface area contributed by atoms with Gasteiger partial charge in [0.25, 0.3) is 12.4 Å². The first-order valence-electron chi connectivity index (χ1n) is 10.8. The van der Waals surface area contributed by atoms with Crippen molar-refractivity contribution in [2.24, 2.45) is 11.8 Å². The molecule has 31 heavy (non-hydrogen) atoms. The Bertz CT molecular complexity index is 901. The molecule has 6 heteroatoms. The summed E-state index contributed by atoms with van der Waals surface area (Å²) < 4.78 is 5.34. The molecule has 2 heterocycles. The summed E-state index contributed by atoms with van der Waals surface area (Å²) in [5.41, 5.74) is 3.28. The molecular formula is C25H32N2O4. The van der Waals surface area contributed by atoms with Gasteiger partial charge in [0.1, 0.15) is 5.75 Å². The molecule has 4 rings (SSSR count). The first-order chi connectivity index (χ1) is 15.0. The minimum Gasteiger partial charge on any atom is -0.497 e. The standard InChI is InChI=1S/C24H30N2O2.CH2O2/c1-4-12-25-14-19-15-26(24(27)18-9-7-10-20(13-18)28-3)23(22(19)16-25)21-11-6-5-8-17(21)2;2-1-3/h5-11,13,19,22-23H,4,12,14-16H2,1-3H3;1H,(H,2,3)/t19-,22-,23+;/m0./s1. The van der Waals surface area contributed by atoms with Crippen LogP contribution in [0, 0.1) is 18.8 Å². The highest BCUT2D eigenvalue weighted by molar-refractivity contribution is 5.95. The van der Waals surface area contributed by atoms with E-state index in [-0.39, 0.29) is 18.4 Å². The van der Waals surface area contributed by atoms with Crippen LogP contribution in [0.4, 0.5) is 0 Å². The summed E-state index contributed by atoms with van der Waals surface area (Å²) in [6, 6.07) is 16.2. The van der Waals surface area contributed by atoms with Crippen molar-refractivity contribution in [1.82, 2.24) is 9.80 Å². The number of methoxy groups -OCH3 is 1. The number of carboxylic acid groups (broad SMARTS) is 1. The maximum atomic E-state index is 13.5. The minimum absolute atomic E-state index is 0.114. The van der Waals surface area contributed by atoms with Gasteiger partial charge in [-0.1, -0.05) is 37.3 Å². The minimum atomic E-state index is -0.250. The maximum absolute atomic E-state index is 13.5. The third kappa shape index (κ3) is 4.90. The lowest BCUT2D eigenvalue weighted by atomic mass is 9.87. The largest absolute Gasteiger partial charge is 0.497 e. The molecule has 0 spiro atoms. The monoisotopic (exact) mass is 424 g/mol. The van der Waals surface area contributed by atoms with E-state index in [1.165, 1.54) is 17.5 Å². The quantitative estimate of drug-likeness (QED) is 0.738. The lowest BCUT2D eigenvalue weighted by Gasteiger charge is -2.31. The number of ether oxygens (including phenoxy) is 1. The second-order valence-corrected chi connectivity index (χ2v) is 8.28. The highest BCUT2D eigenvalue weighted by atomic mass is 16.5. The first kappa shape index (κ1) is 22.8. The highest BCUT2D eigenvalue weighted by Gasteiger charge is 2.49. The van der Waals surface area contributed by atoms with E-state index in [9.17, 15) is 4.79 Å². The SMILES string of the molecule is CCCN1C[C@H]2CN(C(=O)c3cccc(OC)c3)[C@H](c3ccccc3C)[C@H]2C1.O=CO. The van der Waals surface area contributed by atoms with Crippen molar-refractivity contribution in [3.05, 3.63) is 65.2 Å². The zero-order chi connectivity index (χ0) is 22.4. The molecule has 3 atom stereocenters. The zero-order valence-electron chi connectivity index (χ0n) is 18.5. The molecular weight excluding hydrogens is 392 g/mol. The van der Waals surface area contributed by atoms with Crippen molar-refractivity contribution in [2.75, 3.05) is 33.3 Å². The first-order valence-corrected chi connectivity index (χ1v) is 10.8. The van der Waals surface area contributed by atoms with Crippen molar-refractivity contribution >= 4 is 12.4 Å². The Labute approximate surface area is 184 Å². The molecule has 2 aromatic rings. The summed E-state index contributed by atoms with van der Waals surface area (Å²) in [6.07, 6.45) is 1.18. The van der Waals surface area contributed by atoms with Crippen molar-refractivity contribution in [3.63, 3.8) is 0 Å². The molecule has 6 nitrogen and oxygen atoms in total. The molecule has 1 amide bonds. The molecule has 0 saturated carbocycles. The Morgan fingerprint density at radius 1 is 1.16 bits per heavy atom. The van der Waals surface area contributed by atoms with Gasteiger partial charge in [-0.3, -0.25) is 9.59 Å². The van der Waals surface area contributed by atoms with E-state index < -0.39 is 0 Å². The zero-order valence-corrected chi connectivity index (χ0v) is 18.5. The number of rotatable bonds is 5. The number of aryl methyl sites for hydroxylation is 1. The molecule has 166 valence electrons. The van der Waals surface area contributed by atoms with Crippen LogP contribution in [0.5, 0.6) is 5.75 Å².